The highest BCUT2D eigenvalue weighted by Crippen LogP contribution is 2.34. The number of guanidine groups is 1. The largest absolute Gasteiger partial charge is 0.376 e. The molecule has 0 aromatic heterocycles. The molecule has 2 unspecified atom stereocenters. The number of hydrogen-bond acceptors (Lipinski definition) is 3. The Morgan fingerprint density at radius 1 is 1.21 bits per heavy atom. The van der Waals surface area contributed by atoms with Crippen LogP contribution >= 0.6 is 0 Å². The number of likely N-dealkylation sites (tertiary alicyclic amines) is 1. The van der Waals surface area contributed by atoms with Crippen LogP contribution in [0.3, 0.4) is 0 Å². The zero-order chi connectivity index (χ0) is 19.2. The number of ether oxygens (including phenoxy) is 2. The number of benzene rings is 1. The second-order valence-corrected chi connectivity index (χ2v) is 8.30. The van der Waals surface area contributed by atoms with E-state index in [0.29, 0.717) is 18.1 Å². The maximum Gasteiger partial charge on any atom is 0.193 e. The fourth-order valence-electron chi connectivity index (χ4n) is 4.56. The summed E-state index contributed by atoms with van der Waals surface area (Å²) < 4.78 is 12.0. The highest BCUT2D eigenvalue weighted by Gasteiger charge is 2.27. The third kappa shape index (κ3) is 4.87. The molecule has 4 rings (SSSR count). The van der Waals surface area contributed by atoms with E-state index in [9.17, 15) is 0 Å². The number of piperidine rings is 1. The number of fused-ring (bicyclic) bond motifs is 1. The van der Waals surface area contributed by atoms with Crippen LogP contribution in [0.25, 0.3) is 0 Å². The van der Waals surface area contributed by atoms with E-state index in [1.807, 2.05) is 0 Å². The lowest BCUT2D eigenvalue weighted by molar-refractivity contribution is -0.0721. The zero-order valence-electron chi connectivity index (χ0n) is 17.2. The molecule has 1 aromatic rings. The van der Waals surface area contributed by atoms with Gasteiger partial charge in [-0.3, -0.25) is 4.99 Å². The normalized spacial score (nSPS) is 25.9. The van der Waals surface area contributed by atoms with Crippen LogP contribution < -0.4 is 5.32 Å². The average Bonchev–Trinajstić information content (AvgIpc) is 2.73. The monoisotopic (exact) mass is 385 g/mol. The summed E-state index contributed by atoms with van der Waals surface area (Å²) in [5, 5.41) is 3.49. The summed E-state index contributed by atoms with van der Waals surface area (Å²) >= 11 is 0. The maximum atomic E-state index is 6.16. The van der Waals surface area contributed by atoms with E-state index in [0.717, 1.165) is 71.0 Å². The second kappa shape index (κ2) is 9.75. The van der Waals surface area contributed by atoms with E-state index < -0.39 is 0 Å². The van der Waals surface area contributed by atoms with Crippen LogP contribution in [0.4, 0.5) is 0 Å². The first-order valence-electron chi connectivity index (χ1n) is 11.2. The van der Waals surface area contributed by atoms with Crippen LogP contribution in [0.2, 0.25) is 0 Å². The minimum atomic E-state index is 0.316. The molecule has 5 heteroatoms. The molecule has 2 heterocycles. The van der Waals surface area contributed by atoms with Gasteiger partial charge in [-0.05, 0) is 56.6 Å². The van der Waals surface area contributed by atoms with Crippen molar-refractivity contribution < 1.29 is 9.47 Å². The minimum absolute atomic E-state index is 0.316. The first-order chi connectivity index (χ1) is 13.8. The third-order valence-corrected chi connectivity index (χ3v) is 6.29. The van der Waals surface area contributed by atoms with Gasteiger partial charge < -0.3 is 19.7 Å². The molecule has 0 bridgehead atoms. The Morgan fingerprint density at radius 2 is 2.07 bits per heavy atom. The molecule has 0 radical (unpaired) electrons. The number of rotatable bonds is 6. The van der Waals surface area contributed by atoms with Crippen LogP contribution in [0.5, 0.6) is 0 Å². The molecular formula is C23H35N3O2. The highest BCUT2D eigenvalue weighted by molar-refractivity contribution is 5.80. The number of hydrogen-bond donors (Lipinski definition) is 1. The SMILES string of the molecule is CCNC(=NCC1Cc2ccccc21)N1CCC(OCC2CCCCO2)CC1. The lowest BCUT2D eigenvalue weighted by atomic mass is 9.78. The number of nitrogens with zero attached hydrogens (tertiary/aromatic N) is 2. The number of aliphatic imine (C=N–C) groups is 1. The Hall–Kier alpha value is -1.59. The standard InChI is InChI=1S/C23H35N3O2/c1-2-24-23(25-16-19-15-18-7-3-4-9-22(18)19)26-12-10-20(11-13-26)28-17-21-8-5-6-14-27-21/h3-4,7,9,19-21H,2,5-6,8,10-17H2,1H3,(H,24,25). The minimum Gasteiger partial charge on any atom is -0.376 e. The summed E-state index contributed by atoms with van der Waals surface area (Å²) in [4.78, 5) is 7.38. The fraction of sp³-hybridized carbons (Fsp3) is 0.696. The molecule has 3 aliphatic rings. The van der Waals surface area contributed by atoms with Crippen LogP contribution in [0.1, 0.15) is 56.1 Å². The van der Waals surface area contributed by atoms with Gasteiger partial charge in [-0.15, -0.1) is 0 Å². The Labute approximate surface area is 169 Å². The molecule has 1 aliphatic carbocycles. The molecule has 0 spiro atoms. The molecule has 28 heavy (non-hydrogen) atoms. The van der Waals surface area contributed by atoms with Crippen LogP contribution in [-0.4, -0.2) is 62.5 Å². The van der Waals surface area contributed by atoms with Crippen molar-refractivity contribution in [3.63, 3.8) is 0 Å². The van der Waals surface area contributed by atoms with Gasteiger partial charge in [0.05, 0.1) is 18.8 Å². The molecule has 1 aromatic carbocycles. The van der Waals surface area contributed by atoms with Crippen molar-refractivity contribution in [2.75, 3.05) is 39.4 Å². The van der Waals surface area contributed by atoms with Gasteiger partial charge in [0.25, 0.3) is 0 Å². The summed E-state index contributed by atoms with van der Waals surface area (Å²) in [6.07, 6.45) is 7.62. The van der Waals surface area contributed by atoms with Crippen molar-refractivity contribution >= 4 is 5.96 Å². The zero-order valence-corrected chi connectivity index (χ0v) is 17.2. The number of nitrogens with one attached hydrogen (secondary N) is 1. The van der Waals surface area contributed by atoms with E-state index in [-0.39, 0.29) is 0 Å². The topological polar surface area (TPSA) is 46.1 Å². The summed E-state index contributed by atoms with van der Waals surface area (Å²) in [5.41, 5.74) is 2.98. The summed E-state index contributed by atoms with van der Waals surface area (Å²) in [5.74, 6) is 1.65. The summed E-state index contributed by atoms with van der Waals surface area (Å²) in [6.45, 7) is 7.64. The van der Waals surface area contributed by atoms with Gasteiger partial charge in [0.15, 0.2) is 5.96 Å². The van der Waals surface area contributed by atoms with Gasteiger partial charge in [0.2, 0.25) is 0 Å². The van der Waals surface area contributed by atoms with Gasteiger partial charge in [-0.2, -0.15) is 0 Å². The Kier molecular flexibility index (Phi) is 6.86. The average molecular weight is 386 g/mol. The smallest absolute Gasteiger partial charge is 0.193 e. The highest BCUT2D eigenvalue weighted by atomic mass is 16.5. The second-order valence-electron chi connectivity index (χ2n) is 8.30. The van der Waals surface area contributed by atoms with Gasteiger partial charge in [0, 0.05) is 38.7 Å². The molecule has 2 fully saturated rings. The molecule has 154 valence electrons. The van der Waals surface area contributed by atoms with Crippen LogP contribution in [-0.2, 0) is 15.9 Å². The molecule has 5 nitrogen and oxygen atoms in total. The quantitative estimate of drug-likeness (QED) is 0.603. The molecule has 0 saturated carbocycles. The van der Waals surface area contributed by atoms with E-state index >= 15 is 0 Å². The van der Waals surface area contributed by atoms with Gasteiger partial charge in [-0.1, -0.05) is 24.3 Å². The lowest BCUT2D eigenvalue weighted by Gasteiger charge is -2.35. The summed E-state index contributed by atoms with van der Waals surface area (Å²) in [6, 6.07) is 8.77. The van der Waals surface area contributed by atoms with Crippen molar-refractivity contribution in [2.24, 2.45) is 4.99 Å². The fourth-order valence-corrected chi connectivity index (χ4v) is 4.56. The first kappa shape index (κ1) is 19.7. The maximum absolute atomic E-state index is 6.16. The van der Waals surface area contributed by atoms with Crippen molar-refractivity contribution in [1.29, 1.82) is 0 Å². The van der Waals surface area contributed by atoms with E-state index in [2.05, 4.69) is 41.4 Å². The Bertz CT molecular complexity index is 649. The van der Waals surface area contributed by atoms with Crippen molar-refractivity contribution in [3.05, 3.63) is 35.4 Å². The molecular weight excluding hydrogens is 350 g/mol. The third-order valence-electron chi connectivity index (χ3n) is 6.29. The lowest BCUT2D eigenvalue weighted by Crippen LogP contribution is -2.47. The molecule has 2 aliphatic heterocycles. The Balaban J connectivity index is 1.24. The van der Waals surface area contributed by atoms with Crippen molar-refractivity contribution in [3.8, 4) is 0 Å². The molecule has 1 N–H and O–H groups in total. The van der Waals surface area contributed by atoms with Crippen molar-refractivity contribution in [1.82, 2.24) is 10.2 Å². The van der Waals surface area contributed by atoms with E-state index in [1.165, 1.54) is 24.0 Å². The van der Waals surface area contributed by atoms with Gasteiger partial charge in [0.1, 0.15) is 0 Å². The summed E-state index contributed by atoms with van der Waals surface area (Å²) in [7, 11) is 0. The Morgan fingerprint density at radius 3 is 2.82 bits per heavy atom. The van der Waals surface area contributed by atoms with E-state index in [1.54, 1.807) is 0 Å². The van der Waals surface area contributed by atoms with Crippen molar-refractivity contribution in [2.45, 2.75) is 63.6 Å². The van der Waals surface area contributed by atoms with Gasteiger partial charge in [-0.25, -0.2) is 0 Å². The van der Waals surface area contributed by atoms with Gasteiger partial charge >= 0.3 is 0 Å². The van der Waals surface area contributed by atoms with Crippen LogP contribution in [0, 0.1) is 0 Å². The van der Waals surface area contributed by atoms with E-state index in [4.69, 9.17) is 14.5 Å². The predicted molar refractivity (Wildman–Crippen MR) is 113 cm³/mol. The molecule has 2 atom stereocenters. The predicted octanol–water partition coefficient (Wildman–Crippen LogP) is 3.34. The molecule has 0 amide bonds. The van der Waals surface area contributed by atoms with Crippen LogP contribution in [0.15, 0.2) is 29.3 Å². The molecule has 2 saturated heterocycles. The first-order valence-corrected chi connectivity index (χ1v) is 11.2.